The summed E-state index contributed by atoms with van der Waals surface area (Å²) in [4.78, 5) is 37.5. The molecule has 0 saturated heterocycles. The van der Waals surface area contributed by atoms with Gasteiger partial charge in [-0.25, -0.2) is 0 Å². The molecule has 0 aliphatic carbocycles. The van der Waals surface area contributed by atoms with Crippen LogP contribution in [-0.4, -0.2) is 70.0 Å². The zero-order chi connectivity index (χ0) is 41.4. The molecule has 0 N–H and O–H groups in total. The van der Waals surface area contributed by atoms with Crippen molar-refractivity contribution in [3.63, 3.8) is 0 Å². The number of rotatable bonds is 38. The average Bonchev–Trinajstić information content (AvgIpc) is 3.15. The summed E-state index contributed by atoms with van der Waals surface area (Å²) in [5.41, 5.74) is 0. The number of hydrogen-bond donors (Lipinski definition) is 0. The molecular formula is C46H80NO8P. The van der Waals surface area contributed by atoms with Crippen molar-refractivity contribution < 1.29 is 42.1 Å². The largest absolute Gasteiger partial charge is 0.756 e. The molecule has 0 heterocycles. The molecule has 0 aromatic rings. The van der Waals surface area contributed by atoms with Crippen LogP contribution in [0.25, 0.3) is 0 Å². The number of phosphoric ester groups is 1. The third-order valence-corrected chi connectivity index (χ3v) is 9.67. The summed E-state index contributed by atoms with van der Waals surface area (Å²) in [6.45, 7) is 4.01. The van der Waals surface area contributed by atoms with Crippen LogP contribution in [0.15, 0.2) is 72.9 Å². The van der Waals surface area contributed by atoms with E-state index in [1.807, 2.05) is 21.1 Å². The summed E-state index contributed by atoms with van der Waals surface area (Å²) in [6.07, 6.45) is 46.4. The minimum atomic E-state index is -4.63. The van der Waals surface area contributed by atoms with Gasteiger partial charge in [-0.3, -0.25) is 14.2 Å². The molecule has 0 fully saturated rings. The fraction of sp³-hybridized carbons (Fsp3) is 0.696. The van der Waals surface area contributed by atoms with E-state index in [4.69, 9.17) is 18.5 Å². The molecule has 0 amide bonds. The van der Waals surface area contributed by atoms with Gasteiger partial charge < -0.3 is 27.9 Å². The van der Waals surface area contributed by atoms with Gasteiger partial charge in [0.25, 0.3) is 7.82 Å². The van der Waals surface area contributed by atoms with Crippen molar-refractivity contribution >= 4 is 19.8 Å². The van der Waals surface area contributed by atoms with Gasteiger partial charge in [0, 0.05) is 12.8 Å². The molecule has 56 heavy (non-hydrogen) atoms. The zero-order valence-corrected chi connectivity index (χ0v) is 36.9. The number of carbonyl (C=O) groups is 2. The highest BCUT2D eigenvalue weighted by Gasteiger charge is 2.21. The number of allylic oxidation sites excluding steroid dienone is 12. The lowest BCUT2D eigenvalue weighted by Crippen LogP contribution is -2.37. The van der Waals surface area contributed by atoms with Gasteiger partial charge in [0.05, 0.1) is 27.7 Å². The maximum Gasteiger partial charge on any atom is 0.306 e. The van der Waals surface area contributed by atoms with E-state index in [0.717, 1.165) is 103 Å². The Morgan fingerprint density at radius 1 is 0.571 bits per heavy atom. The SMILES string of the molecule is CC/C=C\C/C=C\C/C=C\C/C=C\C/C=C\CCCCCCCC(=O)OC(COC(=O)CCCCCCC/C=C\CCCC)COP(=O)([O-])OCC[N+](C)(C)C. The van der Waals surface area contributed by atoms with Crippen molar-refractivity contribution in [2.45, 2.75) is 161 Å². The van der Waals surface area contributed by atoms with E-state index in [-0.39, 0.29) is 26.1 Å². The van der Waals surface area contributed by atoms with Gasteiger partial charge in [0.15, 0.2) is 6.10 Å². The predicted molar refractivity (Wildman–Crippen MR) is 231 cm³/mol. The molecular weight excluding hydrogens is 725 g/mol. The van der Waals surface area contributed by atoms with Gasteiger partial charge in [0.1, 0.15) is 19.8 Å². The molecule has 322 valence electrons. The van der Waals surface area contributed by atoms with Crippen LogP contribution in [-0.2, 0) is 32.7 Å². The number of hydrogen-bond acceptors (Lipinski definition) is 8. The van der Waals surface area contributed by atoms with Crippen molar-refractivity contribution in [2.75, 3.05) is 47.5 Å². The fourth-order valence-electron chi connectivity index (χ4n) is 5.31. The lowest BCUT2D eigenvalue weighted by Gasteiger charge is -2.28. The first kappa shape index (κ1) is 53.5. The monoisotopic (exact) mass is 806 g/mol. The molecule has 0 aliphatic heterocycles. The fourth-order valence-corrected chi connectivity index (χ4v) is 6.04. The molecule has 0 bridgehead atoms. The van der Waals surface area contributed by atoms with Gasteiger partial charge in [-0.05, 0) is 77.0 Å². The van der Waals surface area contributed by atoms with E-state index < -0.39 is 32.5 Å². The minimum absolute atomic E-state index is 0.0400. The predicted octanol–water partition coefficient (Wildman–Crippen LogP) is 11.6. The first-order valence-corrected chi connectivity index (χ1v) is 23.1. The van der Waals surface area contributed by atoms with Gasteiger partial charge >= 0.3 is 11.9 Å². The molecule has 10 heteroatoms. The quantitative estimate of drug-likeness (QED) is 0.0199. The standard InChI is InChI=1S/C46H80NO8P/c1-6-8-10-12-14-16-18-19-20-21-22-23-24-25-26-27-29-31-33-35-37-39-46(49)55-44(43-54-56(50,51)53-41-40-47(3,4)5)42-52-45(48)38-36-34-32-30-28-17-15-13-11-9-7-2/h8,10,13-16,19-20,22-23,25-26,44H,6-7,9,11-12,17-18,21,24,27-43H2,1-5H3/b10-8-,15-13-,16-14-,20-19-,23-22-,26-25-. The number of esters is 2. The van der Waals surface area contributed by atoms with Gasteiger partial charge in [0.2, 0.25) is 0 Å². The molecule has 0 aliphatic rings. The second kappa shape index (κ2) is 38.0. The summed E-state index contributed by atoms with van der Waals surface area (Å²) >= 11 is 0. The summed E-state index contributed by atoms with van der Waals surface area (Å²) in [5, 5.41) is 0. The summed E-state index contributed by atoms with van der Waals surface area (Å²) in [5.74, 6) is -0.876. The Hall–Kier alpha value is -2.55. The number of nitrogens with zero attached hydrogens (tertiary/aromatic N) is 1. The second-order valence-corrected chi connectivity index (χ2v) is 16.7. The highest BCUT2D eigenvalue weighted by molar-refractivity contribution is 7.45. The van der Waals surface area contributed by atoms with E-state index in [2.05, 4.69) is 86.8 Å². The van der Waals surface area contributed by atoms with Crippen LogP contribution < -0.4 is 4.89 Å². The molecule has 0 saturated carbocycles. The molecule has 2 unspecified atom stereocenters. The molecule has 0 aromatic carbocycles. The van der Waals surface area contributed by atoms with Crippen LogP contribution >= 0.6 is 7.82 Å². The van der Waals surface area contributed by atoms with Crippen LogP contribution in [0.1, 0.15) is 155 Å². The Balaban J connectivity index is 4.40. The third-order valence-electron chi connectivity index (χ3n) is 8.71. The van der Waals surface area contributed by atoms with Crippen molar-refractivity contribution in [3.05, 3.63) is 72.9 Å². The highest BCUT2D eigenvalue weighted by atomic mass is 31.2. The molecule has 0 radical (unpaired) electrons. The number of likely N-dealkylation sites (N-methyl/N-ethyl adjacent to an activating group) is 1. The zero-order valence-electron chi connectivity index (χ0n) is 36.1. The summed E-state index contributed by atoms with van der Waals surface area (Å²) < 4.78 is 33.8. The highest BCUT2D eigenvalue weighted by Crippen LogP contribution is 2.38. The first-order valence-electron chi connectivity index (χ1n) is 21.6. The maximum atomic E-state index is 12.7. The summed E-state index contributed by atoms with van der Waals surface area (Å²) in [6, 6.07) is 0. The van der Waals surface area contributed by atoms with Crippen molar-refractivity contribution in [1.82, 2.24) is 0 Å². The van der Waals surface area contributed by atoms with Gasteiger partial charge in [-0.2, -0.15) is 0 Å². The Labute approximate surface area is 342 Å². The minimum Gasteiger partial charge on any atom is -0.756 e. The Morgan fingerprint density at radius 2 is 1.02 bits per heavy atom. The molecule has 2 atom stereocenters. The Bertz CT molecular complexity index is 1180. The van der Waals surface area contributed by atoms with Crippen molar-refractivity contribution in [1.29, 1.82) is 0 Å². The van der Waals surface area contributed by atoms with Crippen LogP contribution in [0.3, 0.4) is 0 Å². The van der Waals surface area contributed by atoms with Crippen LogP contribution in [0, 0.1) is 0 Å². The normalized spacial score (nSPS) is 14.3. The smallest absolute Gasteiger partial charge is 0.306 e. The van der Waals surface area contributed by atoms with Crippen molar-refractivity contribution in [3.8, 4) is 0 Å². The second-order valence-electron chi connectivity index (χ2n) is 15.3. The Morgan fingerprint density at radius 3 is 1.54 bits per heavy atom. The van der Waals surface area contributed by atoms with E-state index in [9.17, 15) is 19.0 Å². The topological polar surface area (TPSA) is 111 Å². The van der Waals surface area contributed by atoms with E-state index in [0.29, 0.717) is 23.9 Å². The third kappa shape index (κ3) is 41.1. The maximum absolute atomic E-state index is 12.7. The van der Waals surface area contributed by atoms with Crippen LogP contribution in [0.5, 0.6) is 0 Å². The van der Waals surface area contributed by atoms with E-state index >= 15 is 0 Å². The lowest BCUT2D eigenvalue weighted by molar-refractivity contribution is -0.870. The van der Waals surface area contributed by atoms with E-state index in [1.54, 1.807) is 0 Å². The first-order chi connectivity index (χ1) is 27.0. The molecule has 0 aromatic heterocycles. The molecule has 9 nitrogen and oxygen atoms in total. The lowest BCUT2D eigenvalue weighted by atomic mass is 10.1. The van der Waals surface area contributed by atoms with E-state index in [1.165, 1.54) is 12.8 Å². The number of quaternary nitrogens is 1. The number of phosphoric acid groups is 1. The van der Waals surface area contributed by atoms with Gasteiger partial charge in [-0.1, -0.05) is 138 Å². The van der Waals surface area contributed by atoms with Crippen molar-refractivity contribution in [2.24, 2.45) is 0 Å². The molecule has 0 rings (SSSR count). The Kier molecular flexibility index (Phi) is 36.3. The molecule has 0 spiro atoms. The number of ether oxygens (including phenoxy) is 2. The average molecular weight is 806 g/mol. The van der Waals surface area contributed by atoms with Crippen LogP contribution in [0.2, 0.25) is 0 Å². The summed E-state index contributed by atoms with van der Waals surface area (Å²) in [7, 11) is 1.13. The van der Waals surface area contributed by atoms with Gasteiger partial charge in [-0.15, -0.1) is 0 Å². The van der Waals surface area contributed by atoms with Crippen LogP contribution in [0.4, 0.5) is 0 Å². The number of carbonyl (C=O) groups excluding carboxylic acids is 2. The number of unbranched alkanes of at least 4 members (excludes halogenated alkanes) is 12.